The van der Waals surface area contributed by atoms with Crippen LogP contribution in [-0.2, 0) is 4.74 Å². The molecule has 0 bridgehead atoms. The van der Waals surface area contributed by atoms with E-state index < -0.39 is 0 Å². The molecular formula is C15H25N3O2. The second kappa shape index (κ2) is 7.75. The highest BCUT2D eigenvalue weighted by molar-refractivity contribution is 6.02. The summed E-state index contributed by atoms with van der Waals surface area (Å²) in [5.41, 5.74) is 8.66. The Bertz CT molecular complexity index is 460. The fraction of sp³-hybridized carbons (Fsp3) is 0.533. The van der Waals surface area contributed by atoms with Gasteiger partial charge in [0, 0.05) is 30.9 Å². The van der Waals surface area contributed by atoms with Crippen LogP contribution in [0, 0.1) is 6.92 Å². The van der Waals surface area contributed by atoms with E-state index in [0.29, 0.717) is 12.6 Å². The smallest absolute Gasteiger partial charge is 0.172 e. The van der Waals surface area contributed by atoms with Crippen molar-refractivity contribution < 1.29 is 9.94 Å². The van der Waals surface area contributed by atoms with Crippen LogP contribution < -0.4 is 10.6 Å². The van der Waals surface area contributed by atoms with Crippen molar-refractivity contribution >= 4 is 11.5 Å². The van der Waals surface area contributed by atoms with Crippen molar-refractivity contribution in [3.63, 3.8) is 0 Å². The van der Waals surface area contributed by atoms with Gasteiger partial charge in [-0.25, -0.2) is 0 Å². The Balaban J connectivity index is 3.25. The summed E-state index contributed by atoms with van der Waals surface area (Å²) in [6.07, 6.45) is 1.01. The fourth-order valence-corrected chi connectivity index (χ4v) is 2.14. The first-order valence-corrected chi connectivity index (χ1v) is 6.89. The second-order valence-electron chi connectivity index (χ2n) is 4.95. The number of rotatable bonds is 7. The van der Waals surface area contributed by atoms with Crippen molar-refractivity contribution in [2.24, 2.45) is 10.9 Å². The number of hydrogen-bond donors (Lipinski definition) is 2. The molecular weight excluding hydrogens is 254 g/mol. The predicted octanol–water partition coefficient (Wildman–Crippen LogP) is 2.34. The quantitative estimate of drug-likeness (QED) is 0.348. The van der Waals surface area contributed by atoms with Gasteiger partial charge in [0.15, 0.2) is 5.84 Å². The van der Waals surface area contributed by atoms with E-state index in [1.54, 1.807) is 7.11 Å². The molecule has 0 saturated carbocycles. The Kier molecular flexibility index (Phi) is 6.31. The van der Waals surface area contributed by atoms with Crippen molar-refractivity contribution in [3.8, 4) is 0 Å². The average molecular weight is 279 g/mol. The van der Waals surface area contributed by atoms with Crippen molar-refractivity contribution in [3.05, 3.63) is 29.3 Å². The van der Waals surface area contributed by atoms with Gasteiger partial charge in [0.25, 0.3) is 0 Å². The van der Waals surface area contributed by atoms with E-state index in [-0.39, 0.29) is 5.84 Å². The Morgan fingerprint density at radius 1 is 1.50 bits per heavy atom. The van der Waals surface area contributed by atoms with Gasteiger partial charge in [-0.3, -0.25) is 0 Å². The molecule has 0 aliphatic heterocycles. The standard InChI is InChI=1S/C15H25N3O2/c1-5-12(3)18(8-9-20-4)14-10-11(2)6-7-13(14)15(16)17-19/h6-7,10,12,19H,5,8-9H2,1-4H3,(H2,16,17). The van der Waals surface area contributed by atoms with Gasteiger partial charge in [0.2, 0.25) is 0 Å². The van der Waals surface area contributed by atoms with Gasteiger partial charge in [-0.1, -0.05) is 18.1 Å². The Morgan fingerprint density at radius 3 is 2.75 bits per heavy atom. The van der Waals surface area contributed by atoms with E-state index in [9.17, 15) is 0 Å². The largest absolute Gasteiger partial charge is 0.409 e. The first-order valence-electron chi connectivity index (χ1n) is 6.89. The van der Waals surface area contributed by atoms with Gasteiger partial charge in [0.1, 0.15) is 0 Å². The number of hydrogen-bond acceptors (Lipinski definition) is 4. The minimum absolute atomic E-state index is 0.130. The highest BCUT2D eigenvalue weighted by Gasteiger charge is 2.18. The Labute approximate surface area is 121 Å². The molecule has 1 unspecified atom stereocenters. The zero-order valence-electron chi connectivity index (χ0n) is 12.8. The molecule has 0 radical (unpaired) electrons. The van der Waals surface area contributed by atoms with Crippen LogP contribution >= 0.6 is 0 Å². The van der Waals surface area contributed by atoms with Gasteiger partial charge in [-0.05, 0) is 38.0 Å². The summed E-state index contributed by atoms with van der Waals surface area (Å²) in [5, 5.41) is 12.1. The molecule has 112 valence electrons. The van der Waals surface area contributed by atoms with Crippen LogP contribution in [0.2, 0.25) is 0 Å². The second-order valence-corrected chi connectivity index (χ2v) is 4.95. The molecule has 0 aliphatic rings. The summed E-state index contributed by atoms with van der Waals surface area (Å²) in [4.78, 5) is 2.24. The van der Waals surface area contributed by atoms with E-state index in [0.717, 1.165) is 29.8 Å². The first-order chi connectivity index (χ1) is 9.54. The summed E-state index contributed by atoms with van der Waals surface area (Å²) in [6.45, 7) is 7.73. The number of nitrogens with zero attached hydrogens (tertiary/aromatic N) is 2. The SMILES string of the molecule is CCC(C)N(CCOC)c1cc(C)ccc1C(N)=NO. The number of methoxy groups -OCH3 is 1. The van der Waals surface area contributed by atoms with Crippen LogP contribution in [0.1, 0.15) is 31.4 Å². The van der Waals surface area contributed by atoms with E-state index in [2.05, 4.69) is 30.0 Å². The molecule has 1 atom stereocenters. The maximum atomic E-state index is 8.96. The number of aryl methyl sites for hydroxylation is 1. The molecule has 0 heterocycles. The van der Waals surface area contributed by atoms with Crippen LogP contribution in [0.4, 0.5) is 5.69 Å². The lowest BCUT2D eigenvalue weighted by molar-refractivity contribution is 0.203. The van der Waals surface area contributed by atoms with Crippen LogP contribution in [0.15, 0.2) is 23.4 Å². The van der Waals surface area contributed by atoms with Crippen molar-refractivity contribution in [2.75, 3.05) is 25.2 Å². The molecule has 1 aromatic carbocycles. The summed E-state index contributed by atoms with van der Waals surface area (Å²) in [6, 6.07) is 6.26. The summed E-state index contributed by atoms with van der Waals surface area (Å²) in [5.74, 6) is 0.130. The minimum atomic E-state index is 0.130. The van der Waals surface area contributed by atoms with Crippen LogP contribution in [0.25, 0.3) is 0 Å². The highest BCUT2D eigenvalue weighted by Crippen LogP contribution is 2.25. The van der Waals surface area contributed by atoms with E-state index in [1.165, 1.54) is 0 Å². The third-order valence-electron chi connectivity index (χ3n) is 3.51. The topological polar surface area (TPSA) is 71.1 Å². The number of nitrogens with two attached hydrogens (primary N) is 1. The molecule has 20 heavy (non-hydrogen) atoms. The monoisotopic (exact) mass is 279 g/mol. The maximum absolute atomic E-state index is 8.96. The molecule has 0 amide bonds. The van der Waals surface area contributed by atoms with Gasteiger partial charge in [0.05, 0.1) is 6.61 Å². The molecule has 0 aromatic heterocycles. The number of anilines is 1. The van der Waals surface area contributed by atoms with Gasteiger partial charge in [-0.15, -0.1) is 0 Å². The predicted molar refractivity (Wildman–Crippen MR) is 82.7 cm³/mol. The summed E-state index contributed by atoms with van der Waals surface area (Å²) in [7, 11) is 1.69. The van der Waals surface area contributed by atoms with Gasteiger partial charge < -0.3 is 20.6 Å². The maximum Gasteiger partial charge on any atom is 0.172 e. The van der Waals surface area contributed by atoms with Crippen molar-refractivity contribution in [1.29, 1.82) is 0 Å². The van der Waals surface area contributed by atoms with E-state index in [1.807, 2.05) is 19.1 Å². The lowest BCUT2D eigenvalue weighted by Crippen LogP contribution is -2.37. The molecule has 3 N–H and O–H groups in total. The normalized spacial score (nSPS) is 13.3. The number of amidine groups is 1. The van der Waals surface area contributed by atoms with Crippen molar-refractivity contribution in [2.45, 2.75) is 33.2 Å². The van der Waals surface area contributed by atoms with E-state index >= 15 is 0 Å². The molecule has 0 spiro atoms. The zero-order chi connectivity index (χ0) is 15.1. The summed E-state index contributed by atoms with van der Waals surface area (Å²) >= 11 is 0. The third-order valence-corrected chi connectivity index (χ3v) is 3.51. The highest BCUT2D eigenvalue weighted by atomic mass is 16.5. The van der Waals surface area contributed by atoms with Gasteiger partial charge in [-0.2, -0.15) is 0 Å². The Morgan fingerprint density at radius 2 is 2.20 bits per heavy atom. The lowest BCUT2D eigenvalue weighted by Gasteiger charge is -2.32. The summed E-state index contributed by atoms with van der Waals surface area (Å²) < 4.78 is 5.19. The molecule has 0 fully saturated rings. The lowest BCUT2D eigenvalue weighted by atomic mass is 10.1. The van der Waals surface area contributed by atoms with Crippen LogP contribution in [0.3, 0.4) is 0 Å². The third kappa shape index (κ3) is 3.87. The molecule has 1 aromatic rings. The molecule has 5 nitrogen and oxygen atoms in total. The molecule has 0 aliphatic carbocycles. The number of oxime groups is 1. The Hall–Kier alpha value is -1.75. The van der Waals surface area contributed by atoms with Crippen LogP contribution in [-0.4, -0.2) is 37.3 Å². The molecule has 5 heteroatoms. The van der Waals surface area contributed by atoms with E-state index in [4.69, 9.17) is 15.7 Å². The minimum Gasteiger partial charge on any atom is -0.409 e. The molecule has 1 rings (SSSR count). The molecule has 0 saturated heterocycles. The average Bonchev–Trinajstić information content (AvgIpc) is 2.46. The fourth-order valence-electron chi connectivity index (χ4n) is 2.14. The van der Waals surface area contributed by atoms with Crippen LogP contribution in [0.5, 0.6) is 0 Å². The number of benzene rings is 1. The van der Waals surface area contributed by atoms with Crippen molar-refractivity contribution in [1.82, 2.24) is 0 Å². The zero-order valence-corrected chi connectivity index (χ0v) is 12.8. The van der Waals surface area contributed by atoms with Gasteiger partial charge >= 0.3 is 0 Å². The number of ether oxygens (including phenoxy) is 1. The first kappa shape index (κ1) is 16.3.